The Morgan fingerprint density at radius 1 is 1.20 bits per heavy atom. The number of nitro groups is 1. The van der Waals surface area contributed by atoms with Crippen LogP contribution in [0.2, 0.25) is 10.0 Å². The number of carbonyl (C=O) groups is 1. The molecule has 1 saturated carbocycles. The SMILES string of the molecule is O=C(C(CCn1ccnc1[N+](=O)[O-])NS(=O)(=O)c1c(Cl)cccc1Cl)N1CC[C@H]2CCCC[C@@H]2C1. The van der Waals surface area contributed by atoms with Crippen molar-refractivity contribution in [3.63, 3.8) is 0 Å². The number of halogens is 2. The summed E-state index contributed by atoms with van der Waals surface area (Å²) in [6, 6.07) is 3.18. The summed E-state index contributed by atoms with van der Waals surface area (Å²) in [4.78, 5) is 29.3. The van der Waals surface area contributed by atoms with E-state index in [4.69, 9.17) is 23.2 Å². The second kappa shape index (κ2) is 10.8. The smallest absolute Gasteiger partial charge is 0.390 e. The van der Waals surface area contributed by atoms with Crippen molar-refractivity contribution in [1.82, 2.24) is 19.2 Å². The van der Waals surface area contributed by atoms with Crippen LogP contribution in [-0.2, 0) is 21.4 Å². The number of nitrogens with one attached hydrogen (secondary N) is 1. The summed E-state index contributed by atoms with van der Waals surface area (Å²) in [6.07, 6.45) is 8.15. The van der Waals surface area contributed by atoms with Gasteiger partial charge in [0.25, 0.3) is 0 Å². The molecule has 2 aromatic rings. The van der Waals surface area contributed by atoms with Crippen LogP contribution in [-0.4, -0.2) is 52.8 Å². The Labute approximate surface area is 213 Å². The Hall–Kier alpha value is -2.21. The van der Waals surface area contributed by atoms with E-state index in [1.165, 1.54) is 41.6 Å². The molecule has 1 aliphatic carbocycles. The molecule has 2 heterocycles. The number of rotatable bonds is 8. The molecule has 1 amide bonds. The van der Waals surface area contributed by atoms with Gasteiger partial charge in [0.1, 0.15) is 23.3 Å². The van der Waals surface area contributed by atoms with E-state index in [2.05, 4.69) is 9.71 Å². The van der Waals surface area contributed by atoms with Crippen LogP contribution < -0.4 is 4.72 Å². The molecule has 0 spiro atoms. The minimum Gasteiger partial charge on any atom is -0.390 e. The summed E-state index contributed by atoms with van der Waals surface area (Å²) in [7, 11) is -4.27. The molecule has 1 saturated heterocycles. The number of hydrogen-bond acceptors (Lipinski definition) is 6. The first-order valence-corrected chi connectivity index (χ1v) is 13.8. The van der Waals surface area contributed by atoms with Gasteiger partial charge in [-0.3, -0.25) is 4.79 Å². The highest BCUT2D eigenvalue weighted by atomic mass is 35.5. The summed E-state index contributed by atoms with van der Waals surface area (Å²) in [6.45, 7) is 1.15. The van der Waals surface area contributed by atoms with Crippen LogP contribution in [0.25, 0.3) is 0 Å². The maximum absolute atomic E-state index is 13.6. The van der Waals surface area contributed by atoms with Gasteiger partial charge in [-0.2, -0.15) is 4.72 Å². The first-order chi connectivity index (χ1) is 16.7. The lowest BCUT2D eigenvalue weighted by Gasteiger charge is -2.42. The normalized spacial score (nSPS) is 21.4. The fraction of sp³-hybridized carbons (Fsp3) is 0.545. The lowest BCUT2D eigenvalue weighted by Crippen LogP contribution is -2.53. The van der Waals surface area contributed by atoms with Gasteiger partial charge in [0.05, 0.1) is 16.6 Å². The predicted molar refractivity (Wildman–Crippen MR) is 131 cm³/mol. The zero-order valence-corrected chi connectivity index (χ0v) is 21.3. The largest absolute Gasteiger partial charge is 0.434 e. The predicted octanol–water partition coefficient (Wildman–Crippen LogP) is 3.87. The quantitative estimate of drug-likeness (QED) is 0.397. The Morgan fingerprint density at radius 3 is 2.57 bits per heavy atom. The van der Waals surface area contributed by atoms with Crippen molar-refractivity contribution in [1.29, 1.82) is 0 Å². The van der Waals surface area contributed by atoms with Crippen molar-refractivity contribution in [2.75, 3.05) is 13.1 Å². The molecule has 4 rings (SSSR count). The number of carbonyl (C=O) groups excluding carboxylic acids is 1. The zero-order valence-electron chi connectivity index (χ0n) is 19.0. The minimum atomic E-state index is -4.27. The van der Waals surface area contributed by atoms with Crippen molar-refractivity contribution < 1.29 is 18.1 Å². The molecule has 1 aliphatic heterocycles. The molecule has 3 atom stereocenters. The van der Waals surface area contributed by atoms with Gasteiger partial charge in [-0.05, 0) is 41.7 Å². The van der Waals surface area contributed by atoms with E-state index in [9.17, 15) is 23.3 Å². The van der Waals surface area contributed by atoms with E-state index in [-0.39, 0.29) is 39.8 Å². The van der Waals surface area contributed by atoms with E-state index < -0.39 is 21.0 Å². The Kier molecular flexibility index (Phi) is 7.99. The lowest BCUT2D eigenvalue weighted by molar-refractivity contribution is -0.396. The third kappa shape index (κ3) is 5.79. The standard InChI is InChI=1S/C22H27Cl2N5O5S/c23-17-6-3-7-18(24)20(17)35(33,34)26-19(9-12-27-13-10-25-22(27)29(31)32)21(30)28-11-8-15-4-1-2-5-16(15)14-28/h3,6-7,10,13,15-16,19,26H,1-2,4-5,8-9,11-12,14H2/t15-,16-,19?/m1/s1. The maximum atomic E-state index is 13.6. The summed E-state index contributed by atoms with van der Waals surface area (Å²) in [5, 5.41) is 11.1. The summed E-state index contributed by atoms with van der Waals surface area (Å²) in [5.41, 5.74) is 0. The Balaban J connectivity index is 1.58. The number of fused-ring (bicyclic) bond motifs is 1. The second-order valence-corrected chi connectivity index (χ2v) is 11.5. The first kappa shape index (κ1) is 25.9. The third-order valence-electron chi connectivity index (χ3n) is 6.90. The molecule has 1 unspecified atom stereocenters. The molecule has 0 radical (unpaired) electrons. The van der Waals surface area contributed by atoms with Crippen LogP contribution in [0.3, 0.4) is 0 Å². The number of piperidine rings is 1. The van der Waals surface area contributed by atoms with E-state index in [0.29, 0.717) is 24.9 Å². The van der Waals surface area contributed by atoms with Gasteiger partial charge in [-0.25, -0.2) is 13.0 Å². The van der Waals surface area contributed by atoms with Crippen LogP contribution in [0.4, 0.5) is 5.95 Å². The van der Waals surface area contributed by atoms with Crippen molar-refractivity contribution in [2.45, 2.75) is 56.0 Å². The van der Waals surface area contributed by atoms with E-state index in [0.717, 1.165) is 25.7 Å². The molecule has 1 aromatic carbocycles. The molecular weight excluding hydrogens is 517 g/mol. The van der Waals surface area contributed by atoms with Gasteiger partial charge in [0.2, 0.25) is 15.9 Å². The van der Waals surface area contributed by atoms with Crippen molar-refractivity contribution in [3.8, 4) is 0 Å². The molecule has 1 N–H and O–H groups in total. The number of amides is 1. The van der Waals surface area contributed by atoms with Crippen molar-refractivity contribution >= 4 is 45.1 Å². The highest BCUT2D eigenvalue weighted by molar-refractivity contribution is 7.89. The Morgan fingerprint density at radius 2 is 1.89 bits per heavy atom. The van der Waals surface area contributed by atoms with Crippen molar-refractivity contribution in [3.05, 3.63) is 50.8 Å². The van der Waals surface area contributed by atoms with Crippen LogP contribution in [0.15, 0.2) is 35.5 Å². The van der Waals surface area contributed by atoms with Crippen LogP contribution in [0, 0.1) is 22.0 Å². The molecule has 190 valence electrons. The summed E-state index contributed by atoms with van der Waals surface area (Å²) in [5.74, 6) is 0.268. The van der Waals surface area contributed by atoms with Gasteiger partial charge < -0.3 is 15.0 Å². The zero-order chi connectivity index (χ0) is 25.2. The fourth-order valence-corrected chi connectivity index (χ4v) is 7.52. The average molecular weight is 544 g/mol. The minimum absolute atomic E-state index is 0.0120. The number of benzene rings is 1. The average Bonchev–Trinajstić information content (AvgIpc) is 3.30. The van der Waals surface area contributed by atoms with Gasteiger partial charge >= 0.3 is 5.95 Å². The molecule has 1 aromatic heterocycles. The number of sulfonamides is 1. The van der Waals surface area contributed by atoms with Crippen LogP contribution >= 0.6 is 23.2 Å². The number of likely N-dealkylation sites (tertiary alicyclic amines) is 1. The number of aryl methyl sites for hydroxylation is 1. The van der Waals surface area contributed by atoms with Crippen LogP contribution in [0.5, 0.6) is 0 Å². The summed E-state index contributed by atoms with van der Waals surface area (Å²) >= 11 is 12.3. The second-order valence-electron chi connectivity index (χ2n) is 9.07. The van der Waals surface area contributed by atoms with Gasteiger partial charge in [0.15, 0.2) is 0 Å². The van der Waals surface area contributed by atoms with E-state index in [1.807, 2.05) is 0 Å². The monoisotopic (exact) mass is 543 g/mol. The summed E-state index contributed by atoms with van der Waals surface area (Å²) < 4.78 is 30.3. The molecule has 0 bridgehead atoms. The van der Waals surface area contributed by atoms with E-state index in [1.54, 1.807) is 4.90 Å². The highest BCUT2D eigenvalue weighted by Crippen LogP contribution is 2.36. The first-order valence-electron chi connectivity index (χ1n) is 11.6. The maximum Gasteiger partial charge on any atom is 0.434 e. The number of nitrogens with zero attached hydrogens (tertiary/aromatic N) is 4. The molecular formula is C22H27Cl2N5O5S. The Bertz CT molecular complexity index is 1180. The molecule has 2 aliphatic rings. The number of imidazole rings is 1. The van der Waals surface area contributed by atoms with Crippen LogP contribution in [0.1, 0.15) is 38.5 Å². The lowest BCUT2D eigenvalue weighted by atomic mass is 9.75. The van der Waals surface area contributed by atoms with Gasteiger partial charge in [0, 0.05) is 19.5 Å². The molecule has 10 nitrogen and oxygen atoms in total. The topological polar surface area (TPSA) is 127 Å². The number of aromatic nitrogens is 2. The van der Waals surface area contributed by atoms with Crippen molar-refractivity contribution in [2.24, 2.45) is 11.8 Å². The number of hydrogen-bond donors (Lipinski definition) is 1. The molecule has 35 heavy (non-hydrogen) atoms. The van der Waals surface area contributed by atoms with E-state index >= 15 is 0 Å². The molecule has 13 heteroatoms. The fourth-order valence-electron chi connectivity index (χ4n) is 5.16. The van der Waals surface area contributed by atoms with Gasteiger partial charge in [-0.1, -0.05) is 53.5 Å². The van der Waals surface area contributed by atoms with Gasteiger partial charge in [-0.15, -0.1) is 0 Å². The molecule has 2 fully saturated rings. The third-order valence-corrected chi connectivity index (χ3v) is 9.33. The highest BCUT2D eigenvalue weighted by Gasteiger charge is 2.37.